The smallest absolute Gasteiger partial charge is 0.327 e. The number of methoxy groups -OCH3 is 1. The molecule has 1 N–H and O–H groups in total. The van der Waals surface area contributed by atoms with Gasteiger partial charge >= 0.3 is 5.69 Å². The molecule has 0 spiro atoms. The number of anilines is 1. The molecule has 0 aromatic heterocycles. The van der Waals surface area contributed by atoms with Crippen molar-refractivity contribution in [3.63, 3.8) is 0 Å². The molecule has 27 heavy (non-hydrogen) atoms. The molecule has 1 amide bonds. The Morgan fingerprint density at radius 1 is 1.33 bits per heavy atom. The molecule has 0 bridgehead atoms. The van der Waals surface area contributed by atoms with Crippen molar-refractivity contribution in [1.82, 2.24) is 4.90 Å². The van der Waals surface area contributed by atoms with Gasteiger partial charge in [0.2, 0.25) is 11.7 Å². The number of carbonyl (C=O) groups excluding carboxylic acids is 1. The Balaban J connectivity index is 1.77. The zero-order valence-electron chi connectivity index (χ0n) is 15.1. The molecule has 3 rings (SSSR count). The van der Waals surface area contributed by atoms with Gasteiger partial charge in [-0.15, -0.1) is 0 Å². The largest absolute Gasteiger partial charge is 0.497 e. The number of likely N-dealkylation sites (tertiary alicyclic amines) is 1. The highest BCUT2D eigenvalue weighted by Crippen LogP contribution is 2.34. The van der Waals surface area contributed by atoms with Gasteiger partial charge in [-0.25, -0.2) is 0 Å². The molecular weight excluding hydrogens is 353 g/mol. The summed E-state index contributed by atoms with van der Waals surface area (Å²) in [5.74, 6) is -1.04. The maximum atomic E-state index is 14.1. The first-order valence-electron chi connectivity index (χ1n) is 8.52. The third-order valence-corrected chi connectivity index (χ3v) is 4.58. The highest BCUT2D eigenvalue weighted by Gasteiger charge is 2.34. The number of carbonyl (C=O) groups is 1. The van der Waals surface area contributed by atoms with Crippen LogP contribution in [0.1, 0.15) is 17.5 Å². The minimum Gasteiger partial charge on any atom is -0.497 e. The van der Waals surface area contributed by atoms with Crippen LogP contribution >= 0.6 is 0 Å². The Labute approximate surface area is 155 Å². The Kier molecular flexibility index (Phi) is 5.25. The zero-order valence-corrected chi connectivity index (χ0v) is 15.1. The molecule has 0 aliphatic carbocycles. The summed E-state index contributed by atoms with van der Waals surface area (Å²) in [6.07, 6.45) is 0.473. The van der Waals surface area contributed by atoms with Crippen LogP contribution in [0.25, 0.3) is 0 Å². The van der Waals surface area contributed by atoms with Gasteiger partial charge in [0.05, 0.1) is 12.0 Å². The number of benzene rings is 2. The molecule has 2 aromatic rings. The minimum atomic E-state index is -1.01. The standard InChI is InChI=1S/C19H20FN3O4/c1-12-3-5-13(6-4-12)11-22-8-7-16(19(22)24)21-17-10-14(27-2)9-15(20)18(17)23(25)26/h3-6,9-10,16,21H,7-8,11H2,1-2H3. The molecule has 1 heterocycles. The summed E-state index contributed by atoms with van der Waals surface area (Å²) in [7, 11) is 1.34. The summed E-state index contributed by atoms with van der Waals surface area (Å²) in [6.45, 7) is 2.97. The number of hydrogen-bond acceptors (Lipinski definition) is 5. The molecule has 1 fully saturated rings. The second kappa shape index (κ2) is 7.61. The van der Waals surface area contributed by atoms with Gasteiger partial charge in [0.15, 0.2) is 0 Å². The van der Waals surface area contributed by atoms with Crippen LogP contribution in [-0.4, -0.2) is 35.4 Å². The van der Waals surface area contributed by atoms with E-state index < -0.39 is 22.5 Å². The van der Waals surface area contributed by atoms with Crippen molar-refractivity contribution in [2.24, 2.45) is 0 Å². The second-order valence-electron chi connectivity index (χ2n) is 6.49. The molecule has 142 valence electrons. The Morgan fingerprint density at radius 3 is 2.67 bits per heavy atom. The van der Waals surface area contributed by atoms with E-state index in [0.29, 0.717) is 19.5 Å². The van der Waals surface area contributed by atoms with Crippen molar-refractivity contribution in [1.29, 1.82) is 0 Å². The molecule has 1 saturated heterocycles. The number of amides is 1. The average molecular weight is 373 g/mol. The zero-order chi connectivity index (χ0) is 19.6. The lowest BCUT2D eigenvalue weighted by Gasteiger charge is -2.18. The van der Waals surface area contributed by atoms with Crippen LogP contribution in [0, 0.1) is 22.9 Å². The van der Waals surface area contributed by atoms with E-state index in [9.17, 15) is 19.3 Å². The molecule has 1 aliphatic rings. The van der Waals surface area contributed by atoms with Crippen LogP contribution in [0.2, 0.25) is 0 Å². The predicted octanol–water partition coefficient (Wildman–Crippen LogP) is 3.26. The van der Waals surface area contributed by atoms with Crippen LogP contribution in [0.5, 0.6) is 5.75 Å². The van der Waals surface area contributed by atoms with Crippen LogP contribution in [0.4, 0.5) is 15.8 Å². The number of nitrogens with one attached hydrogen (secondary N) is 1. The topological polar surface area (TPSA) is 84.7 Å². The van der Waals surface area contributed by atoms with Gasteiger partial charge in [-0.2, -0.15) is 4.39 Å². The van der Waals surface area contributed by atoms with Gasteiger partial charge in [-0.1, -0.05) is 29.8 Å². The van der Waals surface area contributed by atoms with Crippen LogP contribution in [-0.2, 0) is 11.3 Å². The molecule has 1 aliphatic heterocycles. The lowest BCUT2D eigenvalue weighted by Crippen LogP contribution is -2.33. The van der Waals surface area contributed by atoms with Gasteiger partial charge in [0, 0.05) is 25.2 Å². The number of aryl methyl sites for hydroxylation is 1. The van der Waals surface area contributed by atoms with E-state index in [-0.39, 0.29) is 17.3 Å². The minimum absolute atomic E-state index is 0.0626. The van der Waals surface area contributed by atoms with Gasteiger partial charge < -0.3 is 15.0 Å². The number of nitro benzene ring substituents is 1. The van der Waals surface area contributed by atoms with Crippen molar-refractivity contribution in [2.45, 2.75) is 25.9 Å². The fourth-order valence-corrected chi connectivity index (χ4v) is 3.12. The first-order chi connectivity index (χ1) is 12.9. The number of nitro groups is 1. The summed E-state index contributed by atoms with van der Waals surface area (Å²) < 4.78 is 19.0. The Bertz CT molecular complexity index is 870. The quantitative estimate of drug-likeness (QED) is 0.621. The summed E-state index contributed by atoms with van der Waals surface area (Å²) in [5, 5.41) is 14.0. The van der Waals surface area contributed by atoms with Crippen LogP contribution < -0.4 is 10.1 Å². The monoisotopic (exact) mass is 373 g/mol. The van der Waals surface area contributed by atoms with Crippen molar-refractivity contribution in [2.75, 3.05) is 19.0 Å². The van der Waals surface area contributed by atoms with E-state index in [1.54, 1.807) is 4.90 Å². The molecule has 2 aromatic carbocycles. The Morgan fingerprint density at radius 2 is 2.04 bits per heavy atom. The van der Waals surface area contributed by atoms with E-state index in [2.05, 4.69) is 5.32 Å². The first-order valence-corrected chi connectivity index (χ1v) is 8.52. The number of rotatable bonds is 6. The van der Waals surface area contributed by atoms with E-state index in [1.165, 1.54) is 13.2 Å². The number of halogens is 1. The van der Waals surface area contributed by atoms with Gasteiger partial charge in [-0.05, 0) is 18.9 Å². The lowest BCUT2D eigenvalue weighted by molar-refractivity contribution is -0.386. The summed E-state index contributed by atoms with van der Waals surface area (Å²) in [5.41, 5.74) is 1.39. The SMILES string of the molecule is COc1cc(F)c([N+](=O)[O-])c(NC2CCN(Cc3ccc(C)cc3)C2=O)c1. The number of nitrogens with zero attached hydrogens (tertiary/aromatic N) is 2. The predicted molar refractivity (Wildman–Crippen MR) is 98.2 cm³/mol. The molecular formula is C19H20FN3O4. The van der Waals surface area contributed by atoms with E-state index in [0.717, 1.165) is 17.2 Å². The first kappa shape index (κ1) is 18.6. The summed E-state index contributed by atoms with van der Waals surface area (Å²) >= 11 is 0. The summed E-state index contributed by atoms with van der Waals surface area (Å²) in [6, 6.07) is 9.51. The molecule has 7 nitrogen and oxygen atoms in total. The molecule has 0 saturated carbocycles. The molecule has 0 radical (unpaired) electrons. The fourth-order valence-electron chi connectivity index (χ4n) is 3.12. The number of hydrogen-bond donors (Lipinski definition) is 1. The molecule has 8 heteroatoms. The van der Waals surface area contributed by atoms with Crippen LogP contribution in [0.3, 0.4) is 0 Å². The Hall–Kier alpha value is -3.16. The van der Waals surface area contributed by atoms with Crippen molar-refractivity contribution < 1.29 is 18.8 Å². The highest BCUT2D eigenvalue weighted by molar-refractivity contribution is 5.87. The lowest BCUT2D eigenvalue weighted by atomic mass is 10.1. The normalized spacial score (nSPS) is 16.5. The maximum absolute atomic E-state index is 14.1. The van der Waals surface area contributed by atoms with Crippen molar-refractivity contribution in [3.05, 3.63) is 63.5 Å². The third kappa shape index (κ3) is 3.99. The summed E-state index contributed by atoms with van der Waals surface area (Å²) in [4.78, 5) is 24.8. The molecule has 1 atom stereocenters. The average Bonchev–Trinajstić information content (AvgIpc) is 2.96. The maximum Gasteiger partial charge on any atom is 0.327 e. The van der Waals surface area contributed by atoms with Gasteiger partial charge in [-0.3, -0.25) is 14.9 Å². The van der Waals surface area contributed by atoms with E-state index in [4.69, 9.17) is 4.74 Å². The van der Waals surface area contributed by atoms with Gasteiger partial charge in [0.25, 0.3) is 0 Å². The van der Waals surface area contributed by atoms with Crippen molar-refractivity contribution in [3.8, 4) is 5.75 Å². The highest BCUT2D eigenvalue weighted by atomic mass is 19.1. The van der Waals surface area contributed by atoms with Gasteiger partial charge in [0.1, 0.15) is 17.5 Å². The van der Waals surface area contributed by atoms with Crippen LogP contribution in [0.15, 0.2) is 36.4 Å². The fraction of sp³-hybridized carbons (Fsp3) is 0.316. The second-order valence-corrected chi connectivity index (χ2v) is 6.49. The number of ether oxygens (including phenoxy) is 1. The van der Waals surface area contributed by atoms with E-state index in [1.807, 2.05) is 31.2 Å². The van der Waals surface area contributed by atoms with E-state index >= 15 is 0 Å². The molecule has 1 unspecified atom stereocenters. The third-order valence-electron chi connectivity index (χ3n) is 4.58. The van der Waals surface area contributed by atoms with Crippen molar-refractivity contribution >= 4 is 17.3 Å².